The van der Waals surface area contributed by atoms with E-state index in [0.29, 0.717) is 18.9 Å². The van der Waals surface area contributed by atoms with Gasteiger partial charge >= 0.3 is 0 Å². The molecule has 1 aliphatic rings. The number of carbonyl (C=O) groups excluding carboxylic acids is 1. The van der Waals surface area contributed by atoms with Crippen LogP contribution in [0.15, 0.2) is 79.1 Å². The summed E-state index contributed by atoms with van der Waals surface area (Å²) in [6.45, 7) is 6.58. The van der Waals surface area contributed by atoms with Gasteiger partial charge in [0, 0.05) is 37.8 Å². The molecule has 1 atom stereocenters. The Morgan fingerprint density at radius 3 is 2.54 bits per heavy atom. The molecule has 0 radical (unpaired) electrons. The molecule has 1 unspecified atom stereocenters. The van der Waals surface area contributed by atoms with E-state index in [1.807, 2.05) is 53.7 Å². The number of benzene rings is 2. The third-order valence-corrected chi connectivity index (χ3v) is 7.20. The van der Waals surface area contributed by atoms with E-state index in [4.69, 9.17) is 9.72 Å². The van der Waals surface area contributed by atoms with E-state index in [1.54, 1.807) is 0 Å². The molecule has 4 aromatic rings. The minimum Gasteiger partial charge on any atom is -0.485 e. The smallest absolute Gasteiger partial charge is 0.223 e. The molecule has 5 heteroatoms. The number of amides is 1. The number of hydrogen-bond donors (Lipinski definition) is 0. The molecule has 1 fully saturated rings. The molecular weight excluding hydrogens is 434 g/mol. The van der Waals surface area contributed by atoms with E-state index in [-0.39, 0.29) is 11.8 Å². The molecule has 2 aromatic heterocycles. The molecule has 0 spiro atoms. The molecule has 0 saturated carbocycles. The van der Waals surface area contributed by atoms with Gasteiger partial charge in [0.25, 0.3) is 0 Å². The molecule has 3 heterocycles. The molecule has 180 valence electrons. The molecule has 0 bridgehead atoms. The van der Waals surface area contributed by atoms with Crippen molar-refractivity contribution in [1.29, 1.82) is 0 Å². The summed E-state index contributed by atoms with van der Waals surface area (Å²) >= 11 is 0. The second-order valence-electron chi connectivity index (χ2n) is 9.70. The summed E-state index contributed by atoms with van der Waals surface area (Å²) in [5, 5.41) is 0. The molecular formula is C30H33N3O2. The van der Waals surface area contributed by atoms with E-state index < -0.39 is 0 Å². The zero-order chi connectivity index (χ0) is 24.2. The molecule has 5 rings (SSSR count). The van der Waals surface area contributed by atoms with Crippen LogP contribution in [0.5, 0.6) is 5.75 Å². The van der Waals surface area contributed by atoms with E-state index in [0.717, 1.165) is 48.6 Å². The number of piperidine rings is 1. The van der Waals surface area contributed by atoms with E-state index in [1.165, 1.54) is 11.1 Å². The number of hydrogen-bond acceptors (Lipinski definition) is 3. The average molecular weight is 468 g/mol. The Hall–Kier alpha value is -3.60. The lowest BCUT2D eigenvalue weighted by atomic mass is 9.88. The molecule has 1 aliphatic heterocycles. The predicted molar refractivity (Wildman–Crippen MR) is 139 cm³/mol. The standard InChI is InChI=1S/C30H33N3O2/c1-22-14-17-32(18-15-22)29(34)19-26(25-12-7-6-9-23(25)2)27-20-31-30-28(13-8-16-33(27)30)35-21-24-10-4-3-5-11-24/h3-13,16,20,22,26H,14-15,17-19,21H2,1-2H3. The fourth-order valence-electron chi connectivity index (χ4n) is 5.02. The topological polar surface area (TPSA) is 46.8 Å². The normalized spacial score (nSPS) is 15.3. The van der Waals surface area contributed by atoms with Crippen molar-refractivity contribution >= 4 is 11.6 Å². The summed E-state index contributed by atoms with van der Waals surface area (Å²) in [4.78, 5) is 20.2. The maximum absolute atomic E-state index is 13.4. The number of ether oxygens (including phenoxy) is 1. The Kier molecular flexibility index (Phi) is 6.84. The number of imidazole rings is 1. The van der Waals surface area contributed by atoms with Crippen LogP contribution < -0.4 is 4.74 Å². The number of aryl methyl sites for hydroxylation is 1. The third-order valence-electron chi connectivity index (χ3n) is 7.20. The zero-order valence-electron chi connectivity index (χ0n) is 20.6. The van der Waals surface area contributed by atoms with Crippen molar-refractivity contribution in [3.05, 3.63) is 102 Å². The quantitative estimate of drug-likeness (QED) is 0.335. The second-order valence-corrected chi connectivity index (χ2v) is 9.70. The lowest BCUT2D eigenvalue weighted by molar-refractivity contribution is -0.132. The summed E-state index contributed by atoms with van der Waals surface area (Å²) in [6, 6.07) is 22.4. The fourth-order valence-corrected chi connectivity index (χ4v) is 5.02. The number of likely N-dealkylation sites (tertiary alicyclic amines) is 1. The van der Waals surface area contributed by atoms with Crippen LogP contribution in [0.2, 0.25) is 0 Å². The van der Waals surface area contributed by atoms with Gasteiger partial charge in [-0.05, 0) is 54.5 Å². The van der Waals surface area contributed by atoms with Gasteiger partial charge in [-0.2, -0.15) is 0 Å². The van der Waals surface area contributed by atoms with Gasteiger partial charge in [0.05, 0.1) is 5.69 Å². The number of pyridine rings is 1. The van der Waals surface area contributed by atoms with Gasteiger partial charge in [0.15, 0.2) is 11.4 Å². The lowest BCUT2D eigenvalue weighted by Crippen LogP contribution is -2.38. The highest BCUT2D eigenvalue weighted by molar-refractivity contribution is 5.78. The number of nitrogens with zero attached hydrogens (tertiary/aromatic N) is 3. The summed E-state index contributed by atoms with van der Waals surface area (Å²) < 4.78 is 8.24. The first kappa shape index (κ1) is 23.2. The first-order valence-electron chi connectivity index (χ1n) is 12.6. The Morgan fingerprint density at radius 1 is 1.03 bits per heavy atom. The van der Waals surface area contributed by atoms with Crippen LogP contribution in [0.4, 0.5) is 0 Å². The molecule has 1 saturated heterocycles. The van der Waals surface area contributed by atoms with Gasteiger partial charge in [0.2, 0.25) is 5.91 Å². The van der Waals surface area contributed by atoms with E-state index in [2.05, 4.69) is 48.6 Å². The summed E-state index contributed by atoms with van der Waals surface area (Å²) in [6.07, 6.45) is 6.53. The van der Waals surface area contributed by atoms with E-state index >= 15 is 0 Å². The van der Waals surface area contributed by atoms with Gasteiger partial charge < -0.3 is 14.0 Å². The van der Waals surface area contributed by atoms with Crippen molar-refractivity contribution < 1.29 is 9.53 Å². The first-order chi connectivity index (χ1) is 17.1. The summed E-state index contributed by atoms with van der Waals surface area (Å²) in [7, 11) is 0. The number of fused-ring (bicyclic) bond motifs is 1. The van der Waals surface area contributed by atoms with Gasteiger partial charge in [-0.1, -0.05) is 61.5 Å². The summed E-state index contributed by atoms with van der Waals surface area (Å²) in [5.41, 5.74) is 5.25. The third kappa shape index (κ3) is 5.09. The number of rotatable bonds is 7. The Balaban J connectivity index is 1.46. The van der Waals surface area contributed by atoms with Crippen LogP contribution in [-0.4, -0.2) is 33.3 Å². The van der Waals surface area contributed by atoms with Crippen molar-refractivity contribution in [3.63, 3.8) is 0 Å². The van der Waals surface area contributed by atoms with Crippen LogP contribution in [0, 0.1) is 12.8 Å². The minimum absolute atomic E-state index is 0.0811. The average Bonchev–Trinajstić information content (AvgIpc) is 3.32. The highest BCUT2D eigenvalue weighted by Gasteiger charge is 2.28. The fraction of sp³-hybridized carbons (Fsp3) is 0.333. The zero-order valence-corrected chi connectivity index (χ0v) is 20.6. The SMILES string of the molecule is Cc1ccccc1C(CC(=O)N1CCC(C)CC1)c1cnc2c(OCc3ccccc3)cccn12. The molecule has 0 aliphatic carbocycles. The van der Waals surface area contributed by atoms with Crippen LogP contribution in [0.25, 0.3) is 5.65 Å². The van der Waals surface area contributed by atoms with Crippen molar-refractivity contribution in [2.24, 2.45) is 5.92 Å². The van der Waals surface area contributed by atoms with Crippen LogP contribution in [0.1, 0.15) is 54.5 Å². The van der Waals surface area contributed by atoms with E-state index in [9.17, 15) is 4.79 Å². The molecule has 5 nitrogen and oxygen atoms in total. The monoisotopic (exact) mass is 467 g/mol. The lowest BCUT2D eigenvalue weighted by Gasteiger charge is -2.31. The highest BCUT2D eigenvalue weighted by Crippen LogP contribution is 2.33. The molecule has 0 N–H and O–H groups in total. The van der Waals surface area contributed by atoms with Crippen LogP contribution in [0.3, 0.4) is 0 Å². The van der Waals surface area contributed by atoms with Crippen molar-refractivity contribution in [2.75, 3.05) is 13.1 Å². The second kappa shape index (κ2) is 10.3. The van der Waals surface area contributed by atoms with Gasteiger partial charge in [0.1, 0.15) is 6.61 Å². The Morgan fingerprint density at radius 2 is 1.77 bits per heavy atom. The van der Waals surface area contributed by atoms with Crippen molar-refractivity contribution in [1.82, 2.24) is 14.3 Å². The summed E-state index contributed by atoms with van der Waals surface area (Å²) in [5.74, 6) is 1.57. The van der Waals surface area contributed by atoms with Gasteiger partial charge in [-0.25, -0.2) is 4.98 Å². The van der Waals surface area contributed by atoms with Crippen molar-refractivity contribution in [2.45, 2.75) is 45.6 Å². The molecule has 35 heavy (non-hydrogen) atoms. The number of carbonyl (C=O) groups is 1. The van der Waals surface area contributed by atoms with Gasteiger partial charge in [-0.3, -0.25) is 4.79 Å². The minimum atomic E-state index is -0.0811. The van der Waals surface area contributed by atoms with Crippen LogP contribution >= 0.6 is 0 Å². The number of aromatic nitrogens is 2. The maximum Gasteiger partial charge on any atom is 0.223 e. The molecule has 1 amide bonds. The predicted octanol–water partition coefficient (Wildman–Crippen LogP) is 6.00. The first-order valence-corrected chi connectivity index (χ1v) is 12.6. The Labute approximate surface area is 207 Å². The Bertz CT molecular complexity index is 1290. The largest absolute Gasteiger partial charge is 0.485 e. The van der Waals surface area contributed by atoms with Crippen LogP contribution in [-0.2, 0) is 11.4 Å². The highest BCUT2D eigenvalue weighted by atomic mass is 16.5. The molecule has 2 aromatic carbocycles. The van der Waals surface area contributed by atoms with Gasteiger partial charge in [-0.15, -0.1) is 0 Å². The maximum atomic E-state index is 13.4. The van der Waals surface area contributed by atoms with Crippen molar-refractivity contribution in [3.8, 4) is 5.75 Å².